The Morgan fingerprint density at radius 3 is 2.31 bits per heavy atom. The van der Waals surface area contributed by atoms with Gasteiger partial charge >= 0.3 is 29.6 Å². The SMILES string of the molecule is CCN1\C(=C/C=C/C=C/C2=[N+](CCCCCC(=O)NCCOCCOCCNC(=O)OCCC(C)(C)SSCOCCCCCC(=O)CCC#Cc3cn([C@H]4C[C@H](OCS(C)=S)[C@@H](COP(=O)(O)OP(=O)(O)OP(=O)(O)O)O4)c4nc(N)[nH]c(=O)c34)c3ccc(S(=O)(=O)O)cc3C2(C)C)C(C)(C)c2ccccc21. The molecule has 3 aliphatic heterocycles. The first-order valence-electron chi connectivity index (χ1n) is 35.1. The minimum absolute atomic E-state index is 0.0116. The molecule has 0 aliphatic carbocycles. The van der Waals surface area contributed by atoms with Crippen molar-refractivity contribution >= 4 is 128 Å². The van der Waals surface area contributed by atoms with Gasteiger partial charge in [-0.15, -0.1) is 0 Å². The van der Waals surface area contributed by atoms with Gasteiger partial charge in [0.25, 0.3) is 15.7 Å². The second-order valence-electron chi connectivity index (χ2n) is 27.1. The summed E-state index contributed by atoms with van der Waals surface area (Å²) < 4.78 is 120. The van der Waals surface area contributed by atoms with Crippen LogP contribution in [0.4, 0.5) is 22.1 Å². The van der Waals surface area contributed by atoms with Crippen molar-refractivity contribution in [2.45, 2.75) is 164 Å². The van der Waals surface area contributed by atoms with Gasteiger partial charge in [0.05, 0.1) is 72.9 Å². The molecular formula is C69H100N8O23P3S5+. The van der Waals surface area contributed by atoms with Gasteiger partial charge in [-0.25, -0.2) is 18.5 Å². The predicted octanol–water partition coefficient (Wildman–Crippen LogP) is 10.3. The fourth-order valence-electron chi connectivity index (χ4n) is 12.3. The Morgan fingerprint density at radius 2 is 1.60 bits per heavy atom. The number of fused-ring (bicyclic) bond motifs is 3. The molecule has 2 amide bonds. The number of likely N-dealkylation sites (N-methyl/N-ethyl adjacent to an activating group) is 1. The molecule has 2 aromatic carbocycles. The van der Waals surface area contributed by atoms with Gasteiger partial charge in [-0.3, -0.25) is 28.4 Å². The topological polar surface area (TPSA) is 428 Å². The summed E-state index contributed by atoms with van der Waals surface area (Å²) in [6, 6.07) is 13.2. The highest BCUT2D eigenvalue weighted by molar-refractivity contribution is 8.77. The summed E-state index contributed by atoms with van der Waals surface area (Å²) in [6.45, 7) is 18.0. The van der Waals surface area contributed by atoms with Crippen LogP contribution in [0.25, 0.3) is 11.0 Å². The van der Waals surface area contributed by atoms with Crippen molar-refractivity contribution in [2.75, 3.05) is 101 Å². The highest BCUT2D eigenvalue weighted by atomic mass is 33.1. The number of para-hydroxylation sites is 1. The van der Waals surface area contributed by atoms with Gasteiger partial charge in [0.1, 0.15) is 30.6 Å². The number of amides is 2. The van der Waals surface area contributed by atoms with Crippen molar-refractivity contribution in [3.8, 4) is 11.8 Å². The van der Waals surface area contributed by atoms with Gasteiger partial charge in [0, 0.05) is 110 Å². The number of H-pyrrole nitrogens is 1. The molecule has 0 spiro atoms. The fraction of sp³-hybridized carbons (Fsp3) is 0.565. The van der Waals surface area contributed by atoms with Crippen molar-refractivity contribution in [2.24, 2.45) is 0 Å². The molecule has 6 atom stereocenters. The molecule has 0 radical (unpaired) electrons. The second-order valence-corrected chi connectivity index (χ2v) is 39.0. The maximum Gasteiger partial charge on any atom is 0.490 e. The number of rotatable bonds is 46. The molecule has 31 nitrogen and oxygen atoms in total. The number of phosphoric acid groups is 3. The Balaban J connectivity index is 0.692. The summed E-state index contributed by atoms with van der Waals surface area (Å²) >= 11 is 5.24. The third-order valence-corrected chi connectivity index (χ3v) is 26.0. The summed E-state index contributed by atoms with van der Waals surface area (Å²) in [5.41, 5.74) is 11.3. The van der Waals surface area contributed by atoms with Crippen molar-refractivity contribution in [1.29, 1.82) is 0 Å². The molecule has 2 aromatic heterocycles. The van der Waals surface area contributed by atoms with Gasteiger partial charge in [-0.05, 0) is 114 Å². The summed E-state index contributed by atoms with van der Waals surface area (Å²) in [6.07, 6.45) is 16.1. The number of ketones is 1. The molecule has 598 valence electrons. The van der Waals surface area contributed by atoms with E-state index in [9.17, 15) is 55.6 Å². The first-order valence-corrected chi connectivity index (χ1v) is 46.1. The second kappa shape index (κ2) is 41.5. The van der Waals surface area contributed by atoms with Crippen LogP contribution in [-0.4, -0.2) is 183 Å². The van der Waals surface area contributed by atoms with Crippen LogP contribution in [0.3, 0.4) is 0 Å². The van der Waals surface area contributed by atoms with E-state index in [1.807, 2.05) is 26.0 Å². The van der Waals surface area contributed by atoms with Crippen LogP contribution in [0.1, 0.15) is 148 Å². The van der Waals surface area contributed by atoms with Gasteiger partial charge in [0.15, 0.2) is 11.4 Å². The molecule has 4 aromatic rings. The summed E-state index contributed by atoms with van der Waals surface area (Å²) in [4.78, 5) is 97.3. The number of nitrogen functional groups attached to an aromatic ring is 1. The van der Waals surface area contributed by atoms with E-state index in [-0.39, 0.29) is 94.3 Å². The van der Waals surface area contributed by atoms with Crippen LogP contribution in [0.2, 0.25) is 0 Å². The van der Waals surface area contributed by atoms with E-state index in [0.717, 1.165) is 49.2 Å². The molecule has 7 rings (SSSR count). The lowest BCUT2D eigenvalue weighted by atomic mass is 9.81. The van der Waals surface area contributed by atoms with Crippen LogP contribution in [0, 0.1) is 11.8 Å². The molecule has 3 unspecified atom stereocenters. The minimum Gasteiger partial charge on any atom is -0.450 e. The zero-order valence-corrected chi connectivity index (χ0v) is 68.5. The monoisotopic (exact) mass is 1660 g/mol. The van der Waals surface area contributed by atoms with E-state index >= 15 is 0 Å². The molecule has 1 saturated heterocycles. The van der Waals surface area contributed by atoms with Crippen molar-refractivity contribution in [1.82, 2.24) is 25.2 Å². The molecule has 5 heterocycles. The number of allylic oxidation sites excluding steroid dienone is 6. The lowest BCUT2D eigenvalue weighted by Crippen LogP contribution is -2.30. The maximum atomic E-state index is 13.2. The third kappa shape index (κ3) is 27.8. The highest BCUT2D eigenvalue weighted by Gasteiger charge is 2.47. The van der Waals surface area contributed by atoms with E-state index in [1.54, 1.807) is 40.0 Å². The molecule has 39 heteroatoms. The number of nitrogens with one attached hydrogen (secondary N) is 3. The fourth-order valence-corrected chi connectivity index (χ4v) is 18.7. The number of unbranched alkanes of at least 4 members (excludes halogenated alkanes) is 4. The van der Waals surface area contributed by atoms with Gasteiger partial charge in [-0.2, -0.15) is 26.6 Å². The summed E-state index contributed by atoms with van der Waals surface area (Å²) in [5, 5.41) is 5.65. The zero-order valence-electron chi connectivity index (χ0n) is 61.7. The number of anilines is 2. The van der Waals surface area contributed by atoms with Crippen LogP contribution >= 0.6 is 45.1 Å². The summed E-state index contributed by atoms with van der Waals surface area (Å²) in [7, 11) is -18.8. The Kier molecular flexibility index (Phi) is 34.5. The third-order valence-electron chi connectivity index (χ3n) is 17.6. The molecule has 0 saturated carbocycles. The van der Waals surface area contributed by atoms with Crippen LogP contribution in [0.15, 0.2) is 94.4 Å². The number of aromatic amines is 1. The number of aromatic nitrogens is 3. The van der Waals surface area contributed by atoms with E-state index in [1.165, 1.54) is 33.8 Å². The molecule has 3 aliphatic rings. The average Bonchev–Trinajstić information content (AvgIpc) is 1.60. The standard InChI is InChI=1S/C69H99N8O23P3S5/c1-9-75-54-27-20-19-26-52(54)68(4,5)58(75)28-14-10-15-29-59-69(6,7)53-43-51(108(89,90)91)31-32-55(53)76(59)36-21-11-16-30-60(79)71-34-39-92-41-42-93-40-35-72-66(81)95-38-33-67(2,3)106-105-47-94-37-22-12-13-24-50(78)25-18-17-23-49-45-77(63-62(49)64(80)74-65(70)73-63)61-44-56(96-48-107(8)104)57(98-61)46-97-102(85,86)100-103(87,88)99-101(82,83)84/h10,14-15,19-20,26-29,31-32,43,45,56-57,61H,9,11-13,16,18,21-22,24-25,30,33-42,44,46-48H2,1-8H3,(H9-,70,71,72,73,74,79,80,81,82,83,84,85,86,87,88,89,90,91)/p+1/t56-,57+,61+,107?/m0/s1. The zero-order chi connectivity index (χ0) is 79.1. The number of hydrogen-bond donors (Lipinski definition) is 9. The first-order chi connectivity index (χ1) is 50.9. The van der Waals surface area contributed by atoms with Crippen LogP contribution in [-0.2, 0) is 106 Å². The van der Waals surface area contributed by atoms with Crippen LogP contribution < -0.4 is 26.8 Å². The largest absolute Gasteiger partial charge is 0.490 e. The average molecular weight is 1660 g/mol. The van der Waals surface area contributed by atoms with Gasteiger partial charge in [-0.1, -0.05) is 99.6 Å². The Labute approximate surface area is 644 Å². The number of nitrogens with two attached hydrogens (primary N) is 1. The smallest absolute Gasteiger partial charge is 0.450 e. The number of hydrogen-bond acceptors (Lipinski definition) is 24. The number of carbonyl (C=O) groups is 3. The number of Topliss-reactive ketones (excluding diaryl/α,β-unsaturated/α-hetero) is 1. The molecule has 0 bridgehead atoms. The Hall–Kier alpha value is -5.29. The molecule has 1 fully saturated rings. The number of nitrogens with zero attached hydrogens (tertiary/aromatic N) is 4. The maximum absolute atomic E-state index is 13.2. The number of benzene rings is 2. The highest BCUT2D eigenvalue weighted by Crippen LogP contribution is 2.66. The number of carbonyl (C=O) groups excluding carboxylic acids is 3. The van der Waals surface area contributed by atoms with Crippen molar-refractivity contribution < 1.29 is 107 Å². The minimum atomic E-state index is -5.79. The quantitative estimate of drug-likeness (QED) is 0.00290. The van der Waals surface area contributed by atoms with Crippen molar-refractivity contribution in [3.05, 3.63) is 112 Å². The van der Waals surface area contributed by atoms with Crippen LogP contribution in [0.5, 0.6) is 0 Å². The molecular weight excluding hydrogens is 1560 g/mol. The number of alkyl carbamates (subject to hydrolysis) is 1. The van der Waals surface area contributed by atoms with Gasteiger partial charge in [0.2, 0.25) is 17.5 Å². The predicted molar refractivity (Wildman–Crippen MR) is 418 cm³/mol. The molecule has 108 heavy (non-hydrogen) atoms. The molecule has 10 N–H and O–H groups in total. The normalized spacial score (nSPS) is 18.8. The number of phosphoric ester groups is 1. The Morgan fingerprint density at radius 1 is 0.889 bits per heavy atom. The lowest BCUT2D eigenvalue weighted by Gasteiger charge is -2.25. The lowest BCUT2D eigenvalue weighted by molar-refractivity contribution is -0.438. The van der Waals surface area contributed by atoms with E-state index in [4.69, 9.17) is 59.7 Å². The summed E-state index contributed by atoms with van der Waals surface area (Å²) in [5.74, 6) is 6.10. The van der Waals surface area contributed by atoms with Gasteiger partial charge < -0.3 is 73.8 Å². The Bertz CT molecular complexity index is 4340. The van der Waals surface area contributed by atoms with E-state index in [2.05, 4.69) is 128 Å². The van der Waals surface area contributed by atoms with E-state index < -0.39 is 85.2 Å². The van der Waals surface area contributed by atoms with Crippen molar-refractivity contribution in [3.63, 3.8) is 0 Å². The number of ether oxygens (including phenoxy) is 6. The first kappa shape index (κ1) is 89.9. The van der Waals surface area contributed by atoms with E-state index in [0.29, 0.717) is 77.6 Å².